The van der Waals surface area contributed by atoms with Crippen LogP contribution in [0.1, 0.15) is 5.56 Å². The number of fused-ring (bicyclic) bond motifs is 1. The van der Waals surface area contributed by atoms with Crippen molar-refractivity contribution in [3.8, 4) is 17.5 Å². The number of halogens is 1. The normalized spacial score (nSPS) is 10.7. The number of nitriles is 1. The van der Waals surface area contributed by atoms with Crippen LogP contribution in [0.3, 0.4) is 0 Å². The first-order valence-electron chi connectivity index (χ1n) is 8.16. The molecule has 0 unspecified atom stereocenters. The molecule has 0 fully saturated rings. The Hall–Kier alpha value is -3.28. The maximum Gasteiger partial charge on any atom is 0.277 e. The van der Waals surface area contributed by atoms with E-state index in [9.17, 15) is 4.79 Å². The van der Waals surface area contributed by atoms with Gasteiger partial charge in [-0.25, -0.2) is 0 Å². The molecule has 0 aliphatic rings. The fraction of sp³-hybridized carbons (Fsp3) is 0.0526. The summed E-state index contributed by atoms with van der Waals surface area (Å²) in [5, 5.41) is 21.5. The molecule has 9 heteroatoms. The van der Waals surface area contributed by atoms with Crippen LogP contribution in [0.25, 0.3) is 22.4 Å². The predicted octanol–water partition coefficient (Wildman–Crippen LogP) is 4.47. The van der Waals surface area contributed by atoms with Gasteiger partial charge in [-0.15, -0.1) is 10.2 Å². The summed E-state index contributed by atoms with van der Waals surface area (Å²) in [6.07, 6.45) is 1.81. The summed E-state index contributed by atoms with van der Waals surface area (Å²) in [5.41, 5.74) is 2.48. The molecule has 0 spiro atoms. The van der Waals surface area contributed by atoms with Gasteiger partial charge in [0.15, 0.2) is 0 Å². The number of hydrogen-bond acceptors (Lipinski definition) is 6. The number of aromatic nitrogens is 3. The Morgan fingerprint density at radius 1 is 1.29 bits per heavy atom. The molecule has 1 amide bonds. The number of para-hydroxylation sites is 1. The molecule has 2 aromatic heterocycles. The Bertz CT molecular complexity index is 1210. The number of amides is 1. The van der Waals surface area contributed by atoms with Crippen LogP contribution in [0, 0.1) is 11.3 Å². The van der Waals surface area contributed by atoms with E-state index >= 15 is 0 Å². The number of carbonyl (C=O) groups excluding carboxylic acids is 1. The van der Waals surface area contributed by atoms with E-state index in [-0.39, 0.29) is 16.9 Å². The average molecular weight is 410 g/mol. The highest BCUT2D eigenvalue weighted by Crippen LogP contribution is 2.29. The van der Waals surface area contributed by atoms with E-state index in [1.165, 1.54) is 6.07 Å². The van der Waals surface area contributed by atoms with Crippen LogP contribution in [0.15, 0.2) is 58.3 Å². The second-order valence-corrected chi connectivity index (χ2v) is 7.12. The summed E-state index contributed by atoms with van der Waals surface area (Å²) in [6, 6.07) is 14.5. The molecule has 2 aromatic carbocycles. The number of carbonyl (C=O) groups is 1. The van der Waals surface area contributed by atoms with Crippen molar-refractivity contribution in [2.75, 3.05) is 11.1 Å². The van der Waals surface area contributed by atoms with Crippen LogP contribution in [-0.4, -0.2) is 26.8 Å². The van der Waals surface area contributed by atoms with Crippen molar-refractivity contribution >= 4 is 45.9 Å². The topological polar surface area (TPSA) is 108 Å². The molecule has 0 radical (unpaired) electrons. The first-order chi connectivity index (χ1) is 13.6. The lowest BCUT2D eigenvalue weighted by molar-refractivity contribution is -0.113. The lowest BCUT2D eigenvalue weighted by Gasteiger charge is -2.06. The zero-order chi connectivity index (χ0) is 19.5. The standard InChI is InChI=1S/C19H12ClN5O2S/c20-12-6-5-11(8-21)16(7-12)23-17(26)10-28-19-25-24-18(27-19)14-9-22-15-4-2-1-3-13(14)15/h1-7,9,22H,10H2,(H,23,26). The Kier molecular flexibility index (Phi) is 5.02. The number of H-pyrrole nitrogens is 1. The Morgan fingerprint density at radius 2 is 2.14 bits per heavy atom. The largest absolute Gasteiger partial charge is 0.411 e. The molecule has 0 saturated carbocycles. The number of aromatic amines is 1. The molecule has 0 aliphatic carbocycles. The molecule has 0 aliphatic heterocycles. The highest BCUT2D eigenvalue weighted by molar-refractivity contribution is 7.99. The molecule has 0 atom stereocenters. The van der Waals surface area contributed by atoms with E-state index in [1.54, 1.807) is 12.1 Å². The summed E-state index contributed by atoms with van der Waals surface area (Å²) in [6.45, 7) is 0. The third kappa shape index (κ3) is 3.71. The first kappa shape index (κ1) is 18.1. The van der Waals surface area contributed by atoms with Gasteiger partial charge in [0.2, 0.25) is 5.91 Å². The van der Waals surface area contributed by atoms with Crippen molar-refractivity contribution in [3.05, 3.63) is 59.2 Å². The summed E-state index contributed by atoms with van der Waals surface area (Å²) in [5.74, 6) is 0.116. The molecule has 0 saturated heterocycles. The Balaban J connectivity index is 1.43. The van der Waals surface area contributed by atoms with Gasteiger partial charge in [-0.2, -0.15) is 5.26 Å². The number of hydrogen-bond donors (Lipinski definition) is 2. The zero-order valence-electron chi connectivity index (χ0n) is 14.3. The third-order valence-electron chi connectivity index (χ3n) is 3.93. The molecule has 4 aromatic rings. The minimum absolute atomic E-state index is 0.0485. The van der Waals surface area contributed by atoms with Gasteiger partial charge in [-0.3, -0.25) is 4.79 Å². The monoisotopic (exact) mass is 409 g/mol. The van der Waals surface area contributed by atoms with Gasteiger partial charge in [0.25, 0.3) is 11.1 Å². The Labute approximate surface area is 168 Å². The summed E-state index contributed by atoms with van der Waals surface area (Å²) >= 11 is 7.03. The molecular weight excluding hydrogens is 398 g/mol. The van der Waals surface area contributed by atoms with E-state index in [0.717, 1.165) is 28.2 Å². The SMILES string of the molecule is N#Cc1ccc(Cl)cc1NC(=O)CSc1nnc(-c2c[nH]c3ccccc23)o1. The van der Waals surface area contributed by atoms with E-state index in [0.29, 0.717) is 22.2 Å². The number of anilines is 1. The van der Waals surface area contributed by atoms with Gasteiger partial charge in [-0.05, 0) is 24.3 Å². The maximum atomic E-state index is 12.2. The zero-order valence-corrected chi connectivity index (χ0v) is 15.8. The van der Waals surface area contributed by atoms with Crippen LogP contribution < -0.4 is 5.32 Å². The van der Waals surface area contributed by atoms with Crippen LogP contribution in [0.5, 0.6) is 0 Å². The highest BCUT2D eigenvalue weighted by atomic mass is 35.5. The number of thioether (sulfide) groups is 1. The number of nitrogens with zero attached hydrogens (tertiary/aromatic N) is 3. The predicted molar refractivity (Wildman–Crippen MR) is 107 cm³/mol. The van der Waals surface area contributed by atoms with Crippen molar-refractivity contribution in [1.29, 1.82) is 5.26 Å². The molecule has 4 rings (SSSR count). The van der Waals surface area contributed by atoms with E-state index in [1.807, 2.05) is 36.5 Å². The first-order valence-corrected chi connectivity index (χ1v) is 9.52. The summed E-state index contributed by atoms with van der Waals surface area (Å²) < 4.78 is 5.67. The van der Waals surface area contributed by atoms with E-state index in [4.69, 9.17) is 21.3 Å². The minimum atomic E-state index is -0.310. The lowest BCUT2D eigenvalue weighted by atomic mass is 10.2. The number of rotatable bonds is 5. The Morgan fingerprint density at radius 3 is 3.00 bits per heavy atom. The highest BCUT2D eigenvalue weighted by Gasteiger charge is 2.15. The van der Waals surface area contributed by atoms with Crippen molar-refractivity contribution in [2.24, 2.45) is 0 Å². The van der Waals surface area contributed by atoms with Gasteiger partial charge < -0.3 is 14.7 Å². The van der Waals surface area contributed by atoms with Crippen LogP contribution >= 0.6 is 23.4 Å². The van der Waals surface area contributed by atoms with Crippen LogP contribution in [-0.2, 0) is 4.79 Å². The molecular formula is C19H12ClN5O2S. The number of benzene rings is 2. The van der Waals surface area contributed by atoms with Gasteiger partial charge >= 0.3 is 0 Å². The molecule has 138 valence electrons. The fourth-order valence-electron chi connectivity index (χ4n) is 2.66. The average Bonchev–Trinajstić information content (AvgIpc) is 3.33. The fourth-order valence-corrected chi connectivity index (χ4v) is 3.39. The summed E-state index contributed by atoms with van der Waals surface area (Å²) in [4.78, 5) is 15.3. The van der Waals surface area contributed by atoms with Gasteiger partial charge in [-0.1, -0.05) is 41.6 Å². The van der Waals surface area contributed by atoms with Crippen molar-refractivity contribution in [1.82, 2.24) is 15.2 Å². The van der Waals surface area contributed by atoms with E-state index < -0.39 is 0 Å². The van der Waals surface area contributed by atoms with Crippen LogP contribution in [0.2, 0.25) is 5.02 Å². The molecule has 0 bridgehead atoms. The van der Waals surface area contributed by atoms with Crippen molar-refractivity contribution in [3.63, 3.8) is 0 Å². The molecule has 28 heavy (non-hydrogen) atoms. The molecule has 7 nitrogen and oxygen atoms in total. The molecule has 2 N–H and O–H groups in total. The third-order valence-corrected chi connectivity index (χ3v) is 4.98. The quantitative estimate of drug-likeness (QED) is 0.471. The van der Waals surface area contributed by atoms with Gasteiger partial charge in [0.05, 0.1) is 22.6 Å². The minimum Gasteiger partial charge on any atom is -0.411 e. The second kappa shape index (κ2) is 7.76. The van der Waals surface area contributed by atoms with Gasteiger partial charge in [0.1, 0.15) is 6.07 Å². The second-order valence-electron chi connectivity index (χ2n) is 5.76. The van der Waals surface area contributed by atoms with Crippen molar-refractivity contribution < 1.29 is 9.21 Å². The van der Waals surface area contributed by atoms with Crippen molar-refractivity contribution in [2.45, 2.75) is 5.22 Å². The maximum absolute atomic E-state index is 12.2. The smallest absolute Gasteiger partial charge is 0.277 e. The number of nitrogens with one attached hydrogen (secondary N) is 2. The van der Waals surface area contributed by atoms with Gasteiger partial charge in [0, 0.05) is 22.1 Å². The molecule has 2 heterocycles. The summed E-state index contributed by atoms with van der Waals surface area (Å²) in [7, 11) is 0. The lowest BCUT2D eigenvalue weighted by Crippen LogP contribution is -2.15. The van der Waals surface area contributed by atoms with Crippen LogP contribution in [0.4, 0.5) is 5.69 Å². The van der Waals surface area contributed by atoms with E-state index in [2.05, 4.69) is 20.5 Å².